The van der Waals surface area contributed by atoms with Gasteiger partial charge in [0, 0.05) is 24.9 Å². The van der Waals surface area contributed by atoms with Gasteiger partial charge in [0.05, 0.1) is 19.6 Å². The summed E-state index contributed by atoms with van der Waals surface area (Å²) in [4.78, 5) is 20.3. The maximum Gasteiger partial charge on any atom is 0.225 e. The lowest BCUT2D eigenvalue weighted by Crippen LogP contribution is -2.48. The number of likely N-dealkylation sites (tertiary alicyclic amines) is 1. The molecule has 1 amide bonds. The highest BCUT2D eigenvalue weighted by Gasteiger charge is 2.37. The first-order valence-electron chi connectivity index (χ1n) is 8.00. The average Bonchev–Trinajstić information content (AvgIpc) is 3.24. The quantitative estimate of drug-likeness (QED) is 0.848. The minimum atomic E-state index is -0.747. The summed E-state index contributed by atoms with van der Waals surface area (Å²) in [5.41, 5.74) is 0. The number of halogens is 1. The van der Waals surface area contributed by atoms with Crippen LogP contribution in [0, 0.1) is 5.92 Å². The number of amides is 1. The molecule has 1 unspecified atom stereocenters. The van der Waals surface area contributed by atoms with Crippen LogP contribution in [-0.2, 0) is 4.79 Å². The normalized spacial score (nSPS) is 25.2. The largest absolute Gasteiger partial charge is 0.472 e. The van der Waals surface area contributed by atoms with Crippen molar-refractivity contribution < 1.29 is 13.9 Å². The van der Waals surface area contributed by atoms with Crippen molar-refractivity contribution >= 4 is 11.7 Å². The number of anilines is 1. The predicted octanol–water partition coefficient (Wildman–Crippen LogP) is 1.63. The van der Waals surface area contributed by atoms with E-state index in [0.717, 1.165) is 31.6 Å². The second kappa shape index (κ2) is 5.41. The molecule has 1 aromatic heterocycles. The molecule has 3 aliphatic rings. The zero-order valence-electron chi connectivity index (χ0n) is 12.4. The van der Waals surface area contributed by atoms with Crippen LogP contribution in [0.1, 0.15) is 19.3 Å². The van der Waals surface area contributed by atoms with Crippen LogP contribution in [0.3, 0.4) is 0 Å². The second-order valence-corrected chi connectivity index (χ2v) is 6.42. The number of nitrogens with zero attached hydrogens (tertiary/aromatic N) is 3. The Labute approximate surface area is 129 Å². The fourth-order valence-electron chi connectivity index (χ4n) is 3.04. The number of pyridine rings is 1. The first-order valence-corrected chi connectivity index (χ1v) is 8.00. The molecule has 0 aromatic carbocycles. The molecule has 1 atom stereocenters. The molecular formula is C16H20FN3O2. The molecule has 22 heavy (non-hydrogen) atoms. The molecule has 4 rings (SSSR count). The van der Waals surface area contributed by atoms with Crippen molar-refractivity contribution in [1.82, 2.24) is 9.88 Å². The average molecular weight is 305 g/mol. The monoisotopic (exact) mass is 305 g/mol. The molecule has 2 aliphatic heterocycles. The lowest BCUT2D eigenvalue weighted by molar-refractivity contribution is -0.131. The second-order valence-electron chi connectivity index (χ2n) is 6.42. The van der Waals surface area contributed by atoms with Crippen LogP contribution in [0.2, 0.25) is 0 Å². The van der Waals surface area contributed by atoms with Gasteiger partial charge in [-0.25, -0.2) is 4.39 Å². The number of rotatable bonds is 4. The fourth-order valence-corrected chi connectivity index (χ4v) is 3.04. The Kier molecular flexibility index (Phi) is 3.39. The molecule has 0 radical (unpaired) electrons. The smallest absolute Gasteiger partial charge is 0.225 e. The molecule has 0 N–H and O–H groups in total. The molecule has 1 aliphatic carbocycles. The third-order valence-corrected chi connectivity index (χ3v) is 4.54. The van der Waals surface area contributed by atoms with Crippen molar-refractivity contribution in [2.24, 2.45) is 5.92 Å². The summed E-state index contributed by atoms with van der Waals surface area (Å²) in [5.74, 6) is 1.86. The Morgan fingerprint density at radius 1 is 1.23 bits per heavy atom. The lowest BCUT2D eigenvalue weighted by Gasteiger charge is -2.35. The molecule has 1 aromatic rings. The van der Waals surface area contributed by atoms with Gasteiger partial charge in [0.2, 0.25) is 11.8 Å². The number of ether oxygens (including phenoxy) is 1. The Morgan fingerprint density at radius 3 is 2.77 bits per heavy atom. The van der Waals surface area contributed by atoms with E-state index in [1.165, 1.54) is 0 Å². The van der Waals surface area contributed by atoms with E-state index in [-0.39, 0.29) is 17.9 Å². The Bertz CT molecular complexity index is 572. The molecular weight excluding hydrogens is 285 g/mol. The van der Waals surface area contributed by atoms with Gasteiger partial charge in [-0.15, -0.1) is 0 Å². The van der Waals surface area contributed by atoms with Crippen molar-refractivity contribution in [3.63, 3.8) is 0 Å². The standard InChI is InChI=1S/C16H20FN3O2/c17-12-8-20(9-12)14-2-1-3-15(18-14)22-13-6-7-19(10-13)16(21)11-4-5-11/h1-3,11-13H,4-10H2. The van der Waals surface area contributed by atoms with Gasteiger partial charge in [0.1, 0.15) is 18.1 Å². The van der Waals surface area contributed by atoms with Gasteiger partial charge in [-0.2, -0.15) is 4.98 Å². The Balaban J connectivity index is 1.35. The maximum absolute atomic E-state index is 12.9. The summed E-state index contributed by atoms with van der Waals surface area (Å²) in [6, 6.07) is 5.57. The van der Waals surface area contributed by atoms with Gasteiger partial charge in [-0.05, 0) is 18.9 Å². The van der Waals surface area contributed by atoms with E-state index < -0.39 is 6.17 Å². The zero-order chi connectivity index (χ0) is 15.1. The molecule has 3 heterocycles. The van der Waals surface area contributed by atoms with Crippen LogP contribution in [0.25, 0.3) is 0 Å². The van der Waals surface area contributed by atoms with Crippen LogP contribution in [0.4, 0.5) is 10.2 Å². The van der Waals surface area contributed by atoms with Crippen LogP contribution in [0.5, 0.6) is 5.88 Å². The van der Waals surface area contributed by atoms with Gasteiger partial charge < -0.3 is 14.5 Å². The van der Waals surface area contributed by atoms with E-state index in [4.69, 9.17) is 4.74 Å². The number of alkyl halides is 1. The lowest BCUT2D eigenvalue weighted by atomic mass is 10.2. The van der Waals surface area contributed by atoms with Crippen molar-refractivity contribution in [3.05, 3.63) is 18.2 Å². The van der Waals surface area contributed by atoms with E-state index in [9.17, 15) is 9.18 Å². The van der Waals surface area contributed by atoms with Gasteiger partial charge in [-0.1, -0.05) is 6.07 Å². The number of hydrogen-bond acceptors (Lipinski definition) is 4. The van der Waals surface area contributed by atoms with Crippen molar-refractivity contribution in [1.29, 1.82) is 0 Å². The third-order valence-electron chi connectivity index (χ3n) is 4.54. The molecule has 5 nitrogen and oxygen atoms in total. The van der Waals surface area contributed by atoms with E-state index in [1.54, 1.807) is 0 Å². The fraction of sp³-hybridized carbons (Fsp3) is 0.625. The van der Waals surface area contributed by atoms with E-state index in [2.05, 4.69) is 4.98 Å². The topological polar surface area (TPSA) is 45.7 Å². The summed E-state index contributed by atoms with van der Waals surface area (Å²) < 4.78 is 18.8. The molecule has 0 spiro atoms. The first kappa shape index (κ1) is 13.8. The van der Waals surface area contributed by atoms with Crippen molar-refractivity contribution in [2.75, 3.05) is 31.1 Å². The van der Waals surface area contributed by atoms with Crippen LogP contribution in [0.15, 0.2) is 18.2 Å². The first-order chi connectivity index (χ1) is 10.7. The number of carbonyl (C=O) groups excluding carboxylic acids is 1. The highest BCUT2D eigenvalue weighted by Crippen LogP contribution is 2.32. The SMILES string of the molecule is O=C(C1CC1)N1CCC(Oc2cccc(N3CC(F)C3)n2)C1. The minimum Gasteiger partial charge on any atom is -0.472 e. The molecule has 118 valence electrons. The van der Waals surface area contributed by atoms with Crippen LogP contribution < -0.4 is 9.64 Å². The summed E-state index contributed by atoms with van der Waals surface area (Å²) in [6.45, 7) is 2.24. The van der Waals surface area contributed by atoms with Gasteiger partial charge >= 0.3 is 0 Å². The third kappa shape index (κ3) is 2.74. The summed E-state index contributed by atoms with van der Waals surface area (Å²) in [5, 5.41) is 0. The maximum atomic E-state index is 12.9. The zero-order valence-corrected chi connectivity index (χ0v) is 12.4. The molecule has 6 heteroatoms. The van der Waals surface area contributed by atoms with Crippen LogP contribution >= 0.6 is 0 Å². The summed E-state index contributed by atoms with van der Waals surface area (Å²) in [7, 11) is 0. The molecule has 0 bridgehead atoms. The van der Waals surface area contributed by atoms with E-state index >= 15 is 0 Å². The molecule has 1 saturated carbocycles. The van der Waals surface area contributed by atoms with Gasteiger partial charge in [0.25, 0.3) is 0 Å². The molecule has 2 saturated heterocycles. The predicted molar refractivity (Wildman–Crippen MR) is 79.7 cm³/mol. The van der Waals surface area contributed by atoms with Crippen molar-refractivity contribution in [2.45, 2.75) is 31.5 Å². The van der Waals surface area contributed by atoms with Gasteiger partial charge in [0.15, 0.2) is 0 Å². The van der Waals surface area contributed by atoms with Crippen LogP contribution in [-0.4, -0.2) is 54.2 Å². The number of hydrogen-bond donors (Lipinski definition) is 0. The Hall–Kier alpha value is -1.85. The molecule has 3 fully saturated rings. The number of carbonyl (C=O) groups is 1. The highest BCUT2D eigenvalue weighted by atomic mass is 19.1. The summed E-state index contributed by atoms with van der Waals surface area (Å²) in [6.07, 6.45) is 2.19. The Morgan fingerprint density at radius 2 is 2.05 bits per heavy atom. The highest BCUT2D eigenvalue weighted by molar-refractivity contribution is 5.81. The minimum absolute atomic E-state index is 0.00997. The number of aromatic nitrogens is 1. The summed E-state index contributed by atoms with van der Waals surface area (Å²) >= 11 is 0. The van der Waals surface area contributed by atoms with Crippen molar-refractivity contribution in [3.8, 4) is 5.88 Å². The van der Waals surface area contributed by atoms with E-state index in [1.807, 2.05) is 28.0 Å². The van der Waals surface area contributed by atoms with Gasteiger partial charge in [-0.3, -0.25) is 4.79 Å². The van der Waals surface area contributed by atoms with E-state index in [0.29, 0.717) is 25.5 Å².